The molecule has 1 aromatic carbocycles. The van der Waals surface area contributed by atoms with E-state index in [1.807, 2.05) is 19.1 Å². The Hall–Kier alpha value is -1.11. The van der Waals surface area contributed by atoms with Crippen molar-refractivity contribution in [3.05, 3.63) is 47.8 Å². The minimum absolute atomic E-state index is 0.0213. The van der Waals surface area contributed by atoms with E-state index in [0.717, 1.165) is 35.2 Å². The Bertz CT molecular complexity index is 654. The zero-order valence-electron chi connectivity index (χ0n) is 17.8. The minimum Gasteiger partial charge on any atom is -0.207 e. The predicted molar refractivity (Wildman–Crippen MR) is 117 cm³/mol. The molecule has 4 unspecified atom stereocenters. The van der Waals surface area contributed by atoms with Gasteiger partial charge in [0.1, 0.15) is 5.82 Å². The van der Waals surface area contributed by atoms with Crippen LogP contribution in [0.5, 0.6) is 0 Å². The van der Waals surface area contributed by atoms with E-state index >= 15 is 0 Å². The first kappa shape index (κ1) is 20.2. The van der Waals surface area contributed by atoms with E-state index < -0.39 is 0 Å². The van der Waals surface area contributed by atoms with E-state index in [1.54, 1.807) is 0 Å². The summed E-state index contributed by atoms with van der Waals surface area (Å²) in [5.41, 5.74) is 2.03. The second-order valence-corrected chi connectivity index (χ2v) is 10.3. The van der Waals surface area contributed by atoms with E-state index in [2.05, 4.69) is 18.7 Å². The van der Waals surface area contributed by atoms with Crippen LogP contribution in [0.25, 0.3) is 0 Å². The van der Waals surface area contributed by atoms with Crippen LogP contribution >= 0.6 is 0 Å². The van der Waals surface area contributed by atoms with E-state index in [0.29, 0.717) is 5.92 Å². The smallest absolute Gasteiger partial charge is 0.126 e. The fourth-order valence-corrected chi connectivity index (χ4v) is 6.82. The number of aryl methyl sites for hydroxylation is 1. The first-order valence-electron chi connectivity index (χ1n) is 12.0. The van der Waals surface area contributed by atoms with E-state index in [9.17, 15) is 4.39 Å². The van der Waals surface area contributed by atoms with Crippen LogP contribution in [0, 0.1) is 42.3 Å². The van der Waals surface area contributed by atoms with Crippen LogP contribution in [0.1, 0.15) is 94.1 Å². The van der Waals surface area contributed by atoms with Crippen molar-refractivity contribution < 1.29 is 4.39 Å². The molecule has 4 atom stereocenters. The summed E-state index contributed by atoms with van der Waals surface area (Å²) in [5.74, 6) is 5.38. The van der Waals surface area contributed by atoms with Crippen molar-refractivity contribution in [2.24, 2.45) is 29.6 Å². The second kappa shape index (κ2) is 9.14. The number of rotatable bonds is 5. The quantitative estimate of drug-likeness (QED) is 0.450. The fraction of sp³-hybridized carbons (Fsp3) is 0.704. The van der Waals surface area contributed by atoms with Crippen LogP contribution in [0.15, 0.2) is 30.9 Å². The maximum atomic E-state index is 14.0. The van der Waals surface area contributed by atoms with Crippen LogP contribution in [-0.2, 0) is 0 Å². The molecule has 28 heavy (non-hydrogen) atoms. The van der Waals surface area contributed by atoms with Gasteiger partial charge in [0.15, 0.2) is 0 Å². The normalized spacial score (nSPS) is 35.9. The van der Waals surface area contributed by atoms with E-state index in [1.165, 1.54) is 82.6 Å². The lowest BCUT2D eigenvalue weighted by Crippen LogP contribution is -2.34. The molecule has 0 nitrogen and oxygen atoms in total. The molecule has 3 fully saturated rings. The molecule has 0 N–H and O–H groups in total. The van der Waals surface area contributed by atoms with Gasteiger partial charge in [-0.1, -0.05) is 31.1 Å². The van der Waals surface area contributed by atoms with Crippen molar-refractivity contribution in [3.8, 4) is 0 Å². The van der Waals surface area contributed by atoms with Crippen molar-refractivity contribution in [1.82, 2.24) is 0 Å². The Balaban J connectivity index is 1.28. The van der Waals surface area contributed by atoms with Gasteiger partial charge in [0.25, 0.3) is 0 Å². The number of halogens is 1. The molecule has 0 saturated heterocycles. The lowest BCUT2D eigenvalue weighted by molar-refractivity contribution is 0.0713. The first-order valence-corrected chi connectivity index (χ1v) is 12.0. The second-order valence-electron chi connectivity index (χ2n) is 10.3. The minimum atomic E-state index is -0.0213. The summed E-state index contributed by atoms with van der Waals surface area (Å²) in [7, 11) is 0. The molecule has 1 heteroatoms. The zero-order chi connectivity index (χ0) is 19.5. The summed E-state index contributed by atoms with van der Waals surface area (Å²) in [4.78, 5) is 0. The summed E-state index contributed by atoms with van der Waals surface area (Å²) in [6.45, 7) is 5.75. The van der Waals surface area contributed by atoms with Crippen LogP contribution in [-0.4, -0.2) is 0 Å². The average molecular weight is 383 g/mol. The predicted octanol–water partition coefficient (Wildman–Crippen LogP) is 8.21. The van der Waals surface area contributed by atoms with Crippen LogP contribution in [0.4, 0.5) is 4.39 Å². The van der Waals surface area contributed by atoms with Gasteiger partial charge in [0.2, 0.25) is 0 Å². The van der Waals surface area contributed by atoms with Gasteiger partial charge in [0.05, 0.1) is 0 Å². The summed E-state index contributed by atoms with van der Waals surface area (Å²) in [6.07, 6.45) is 18.9. The Kier molecular flexibility index (Phi) is 6.59. The summed E-state index contributed by atoms with van der Waals surface area (Å²) < 4.78 is 14.0. The maximum Gasteiger partial charge on any atom is 0.126 e. The van der Waals surface area contributed by atoms with Gasteiger partial charge in [0, 0.05) is 0 Å². The van der Waals surface area contributed by atoms with Gasteiger partial charge < -0.3 is 0 Å². The number of hydrogen-bond acceptors (Lipinski definition) is 0. The number of fused-ring (bicyclic) bond motifs is 1. The molecule has 3 aliphatic rings. The third kappa shape index (κ3) is 4.55. The molecule has 0 aliphatic heterocycles. The number of benzene rings is 1. The Morgan fingerprint density at radius 2 is 1.54 bits per heavy atom. The van der Waals surface area contributed by atoms with Gasteiger partial charge in [-0.15, -0.1) is 6.58 Å². The topological polar surface area (TPSA) is 0 Å². The molecule has 0 aromatic heterocycles. The zero-order valence-corrected chi connectivity index (χ0v) is 17.8. The molecule has 1 aromatic rings. The van der Waals surface area contributed by atoms with E-state index in [4.69, 9.17) is 0 Å². The molecule has 4 rings (SSSR count). The molecular weight excluding hydrogens is 343 g/mol. The highest BCUT2D eigenvalue weighted by Crippen LogP contribution is 2.51. The molecule has 0 bridgehead atoms. The lowest BCUT2D eigenvalue weighted by atomic mass is 9.60. The molecule has 0 radical (unpaired) electrons. The Labute approximate surface area is 172 Å². The van der Waals surface area contributed by atoms with Crippen molar-refractivity contribution in [3.63, 3.8) is 0 Å². The van der Waals surface area contributed by atoms with Crippen molar-refractivity contribution >= 4 is 0 Å². The van der Waals surface area contributed by atoms with Gasteiger partial charge in [-0.25, -0.2) is 4.39 Å². The average Bonchev–Trinajstić information content (AvgIpc) is 2.74. The Morgan fingerprint density at radius 1 is 0.893 bits per heavy atom. The maximum absolute atomic E-state index is 14.0. The lowest BCUT2D eigenvalue weighted by Gasteiger charge is -2.45. The molecule has 0 heterocycles. The van der Waals surface area contributed by atoms with Crippen molar-refractivity contribution in [1.29, 1.82) is 0 Å². The van der Waals surface area contributed by atoms with Crippen LogP contribution in [0.3, 0.4) is 0 Å². The third-order valence-corrected chi connectivity index (χ3v) is 8.66. The van der Waals surface area contributed by atoms with Crippen LogP contribution < -0.4 is 0 Å². The summed E-state index contributed by atoms with van der Waals surface area (Å²) in [6, 6.07) is 5.97. The monoisotopic (exact) mass is 382 g/mol. The van der Waals surface area contributed by atoms with Crippen molar-refractivity contribution in [2.45, 2.75) is 89.9 Å². The molecule has 0 spiro atoms. The van der Waals surface area contributed by atoms with Crippen LogP contribution in [0.2, 0.25) is 0 Å². The molecule has 154 valence electrons. The fourth-order valence-electron chi connectivity index (χ4n) is 6.82. The third-order valence-electron chi connectivity index (χ3n) is 8.66. The molecular formula is C27H39F. The van der Waals surface area contributed by atoms with E-state index in [-0.39, 0.29) is 5.82 Å². The highest BCUT2D eigenvalue weighted by Gasteiger charge is 2.39. The number of allylic oxidation sites excluding steroid dienone is 1. The highest BCUT2D eigenvalue weighted by atomic mass is 19.1. The SMILES string of the molecule is C=CCCC1CCC(C2CCC3CC(c4ccc(C)c(F)c4)CCC3C2)CC1. The van der Waals surface area contributed by atoms with Gasteiger partial charge >= 0.3 is 0 Å². The largest absolute Gasteiger partial charge is 0.207 e. The summed E-state index contributed by atoms with van der Waals surface area (Å²) in [5, 5.41) is 0. The van der Waals surface area contributed by atoms with Gasteiger partial charge in [-0.05, 0) is 124 Å². The highest BCUT2D eigenvalue weighted by molar-refractivity contribution is 5.26. The molecule has 3 aliphatic carbocycles. The first-order chi connectivity index (χ1) is 13.6. The Morgan fingerprint density at radius 3 is 2.25 bits per heavy atom. The standard InChI is InChI=1S/C27H39F/c1-3-4-5-20-7-10-21(11-8-20)22-12-13-24-17-25(15-14-23(24)16-22)26-9-6-19(2)27(28)18-26/h3,6,9,18,20-25H,1,4-5,7-8,10-17H2,2H3. The molecule has 3 saturated carbocycles. The van der Waals surface area contributed by atoms with Crippen molar-refractivity contribution in [2.75, 3.05) is 0 Å². The summed E-state index contributed by atoms with van der Waals surface area (Å²) >= 11 is 0. The van der Waals surface area contributed by atoms with Gasteiger partial charge in [-0.3, -0.25) is 0 Å². The number of hydrogen-bond donors (Lipinski definition) is 0. The molecule has 0 amide bonds. The van der Waals surface area contributed by atoms with Gasteiger partial charge in [-0.2, -0.15) is 0 Å².